The molecule has 1 aliphatic rings. The highest BCUT2D eigenvalue weighted by Crippen LogP contribution is 2.37. The van der Waals surface area contributed by atoms with E-state index in [0.717, 1.165) is 4.90 Å². The van der Waals surface area contributed by atoms with Gasteiger partial charge < -0.3 is 4.74 Å². The van der Waals surface area contributed by atoms with Crippen molar-refractivity contribution in [3.63, 3.8) is 0 Å². The molecule has 0 N–H and O–H groups in total. The summed E-state index contributed by atoms with van der Waals surface area (Å²) < 4.78 is 19.4. The van der Waals surface area contributed by atoms with Gasteiger partial charge in [-0.15, -0.1) is 11.8 Å². The van der Waals surface area contributed by atoms with Gasteiger partial charge in [0.05, 0.1) is 23.6 Å². The number of rotatable bonds is 7. The average molecular weight is 385 g/mol. The van der Waals surface area contributed by atoms with Crippen LogP contribution in [0.1, 0.15) is 25.0 Å². The smallest absolute Gasteiger partial charge is 0.268 e. The Hall–Kier alpha value is -2.60. The molecular formula is C21H20FNO3S. The number of benzene rings is 2. The monoisotopic (exact) mass is 385 g/mol. The maximum Gasteiger partial charge on any atom is 0.268 e. The van der Waals surface area contributed by atoms with Crippen LogP contribution >= 0.6 is 11.8 Å². The van der Waals surface area contributed by atoms with Crippen LogP contribution in [0.5, 0.6) is 5.75 Å². The third-order valence-corrected chi connectivity index (χ3v) is 5.11. The lowest BCUT2D eigenvalue weighted by atomic mass is 10.1. The highest BCUT2D eigenvalue weighted by molar-refractivity contribution is 8.04. The number of thioether (sulfide) groups is 1. The Balaban J connectivity index is 1.94. The first-order valence-electron chi connectivity index (χ1n) is 8.76. The Morgan fingerprint density at radius 2 is 1.70 bits per heavy atom. The Morgan fingerprint density at radius 3 is 2.33 bits per heavy atom. The van der Waals surface area contributed by atoms with Crippen LogP contribution in [0.25, 0.3) is 5.57 Å². The Labute approximate surface area is 162 Å². The predicted octanol–water partition coefficient (Wildman–Crippen LogP) is 4.26. The standard InChI is InChI=1S/C21H20FNO3S/c1-3-26-16-11-9-14(10-12-16)18-19(27-4-2)21(25)23(20(18)24)13-15-7-5-6-8-17(15)22/h5-12H,3-4,13H2,1-2H3. The van der Waals surface area contributed by atoms with Crippen LogP contribution in [-0.2, 0) is 16.1 Å². The molecule has 0 fully saturated rings. The highest BCUT2D eigenvalue weighted by atomic mass is 32.2. The fraction of sp³-hybridized carbons (Fsp3) is 0.238. The molecule has 4 nitrogen and oxygen atoms in total. The molecule has 0 aromatic heterocycles. The van der Waals surface area contributed by atoms with Gasteiger partial charge in [-0.3, -0.25) is 14.5 Å². The lowest BCUT2D eigenvalue weighted by Crippen LogP contribution is -2.31. The maximum atomic E-state index is 14.0. The molecule has 2 amide bonds. The first-order chi connectivity index (χ1) is 13.1. The molecule has 2 aromatic rings. The van der Waals surface area contributed by atoms with Gasteiger partial charge in [-0.1, -0.05) is 37.3 Å². The molecule has 0 saturated carbocycles. The van der Waals surface area contributed by atoms with E-state index < -0.39 is 11.7 Å². The summed E-state index contributed by atoms with van der Waals surface area (Å²) in [5, 5.41) is 0. The molecule has 0 spiro atoms. The molecule has 1 aliphatic heterocycles. The number of amides is 2. The summed E-state index contributed by atoms with van der Waals surface area (Å²) in [5.41, 5.74) is 1.34. The summed E-state index contributed by atoms with van der Waals surface area (Å²) in [7, 11) is 0. The van der Waals surface area contributed by atoms with Crippen LogP contribution in [0.3, 0.4) is 0 Å². The van der Waals surface area contributed by atoms with Crippen LogP contribution in [0.4, 0.5) is 4.39 Å². The van der Waals surface area contributed by atoms with Gasteiger partial charge in [0.1, 0.15) is 11.6 Å². The number of halogens is 1. The van der Waals surface area contributed by atoms with Crippen molar-refractivity contribution in [3.05, 3.63) is 70.4 Å². The normalized spacial score (nSPS) is 14.3. The molecule has 0 saturated heterocycles. The number of nitrogens with zero attached hydrogens (tertiary/aromatic N) is 1. The zero-order chi connectivity index (χ0) is 19.4. The number of ether oxygens (including phenoxy) is 1. The van der Waals surface area contributed by atoms with E-state index in [4.69, 9.17) is 4.74 Å². The van der Waals surface area contributed by atoms with Crippen LogP contribution in [0, 0.1) is 5.82 Å². The molecule has 0 bridgehead atoms. The van der Waals surface area contributed by atoms with Gasteiger partial charge in [0.2, 0.25) is 0 Å². The number of hydrogen-bond donors (Lipinski definition) is 0. The summed E-state index contributed by atoms with van der Waals surface area (Å²) in [4.78, 5) is 27.4. The van der Waals surface area contributed by atoms with Gasteiger partial charge in [0, 0.05) is 5.56 Å². The minimum Gasteiger partial charge on any atom is -0.494 e. The second kappa shape index (κ2) is 8.39. The number of carbonyl (C=O) groups excluding carboxylic acids is 2. The first kappa shape index (κ1) is 19.2. The Kier molecular flexibility index (Phi) is 5.96. The van der Waals surface area contributed by atoms with E-state index in [1.807, 2.05) is 13.8 Å². The average Bonchev–Trinajstić information content (AvgIpc) is 2.89. The topological polar surface area (TPSA) is 46.6 Å². The van der Waals surface area contributed by atoms with Gasteiger partial charge in [-0.2, -0.15) is 0 Å². The van der Waals surface area contributed by atoms with Crippen LogP contribution in [0.15, 0.2) is 53.4 Å². The predicted molar refractivity (Wildman–Crippen MR) is 105 cm³/mol. The van der Waals surface area contributed by atoms with E-state index in [0.29, 0.717) is 39.7 Å². The molecular weight excluding hydrogens is 365 g/mol. The molecule has 3 rings (SSSR count). The number of imide groups is 1. The fourth-order valence-corrected chi connectivity index (χ4v) is 3.78. The van der Waals surface area contributed by atoms with Gasteiger partial charge >= 0.3 is 0 Å². The SMILES string of the molecule is CCOc1ccc(C2=C(SCC)C(=O)N(Cc3ccccc3F)C2=O)cc1. The zero-order valence-electron chi connectivity index (χ0n) is 15.2. The summed E-state index contributed by atoms with van der Waals surface area (Å²) in [6.07, 6.45) is 0. The molecule has 2 aromatic carbocycles. The van der Waals surface area contributed by atoms with E-state index in [1.54, 1.807) is 42.5 Å². The van der Waals surface area contributed by atoms with Crippen molar-refractivity contribution >= 4 is 29.1 Å². The third kappa shape index (κ3) is 3.90. The van der Waals surface area contributed by atoms with Crippen molar-refractivity contribution in [1.29, 1.82) is 0 Å². The third-order valence-electron chi connectivity index (χ3n) is 4.15. The molecule has 6 heteroatoms. The lowest BCUT2D eigenvalue weighted by molar-refractivity contribution is -0.137. The van der Waals surface area contributed by atoms with Gasteiger partial charge in [0.25, 0.3) is 11.8 Å². The Bertz CT molecular complexity index is 893. The molecule has 0 atom stereocenters. The Morgan fingerprint density at radius 1 is 1.00 bits per heavy atom. The number of hydrogen-bond acceptors (Lipinski definition) is 4. The quantitative estimate of drug-likeness (QED) is 0.668. The largest absolute Gasteiger partial charge is 0.494 e. The summed E-state index contributed by atoms with van der Waals surface area (Å²) in [6, 6.07) is 13.3. The van der Waals surface area contributed by atoms with Gasteiger partial charge in [-0.25, -0.2) is 4.39 Å². The second-order valence-electron chi connectivity index (χ2n) is 5.88. The molecule has 0 radical (unpaired) electrons. The minimum atomic E-state index is -0.433. The van der Waals surface area contributed by atoms with Crippen molar-refractivity contribution < 1.29 is 18.7 Å². The molecule has 0 aliphatic carbocycles. The van der Waals surface area contributed by atoms with E-state index in [2.05, 4.69) is 0 Å². The molecule has 27 heavy (non-hydrogen) atoms. The highest BCUT2D eigenvalue weighted by Gasteiger charge is 2.39. The van der Waals surface area contributed by atoms with Gasteiger partial charge in [-0.05, 0) is 36.4 Å². The fourth-order valence-electron chi connectivity index (χ4n) is 2.91. The maximum absolute atomic E-state index is 14.0. The van der Waals surface area contributed by atoms with Gasteiger partial charge in [0.15, 0.2) is 0 Å². The van der Waals surface area contributed by atoms with Crippen molar-refractivity contribution in [2.24, 2.45) is 0 Å². The van der Waals surface area contributed by atoms with E-state index in [1.165, 1.54) is 17.8 Å². The summed E-state index contributed by atoms with van der Waals surface area (Å²) in [6.45, 7) is 4.28. The summed E-state index contributed by atoms with van der Waals surface area (Å²) >= 11 is 1.33. The lowest BCUT2D eigenvalue weighted by Gasteiger charge is -2.15. The van der Waals surface area contributed by atoms with E-state index in [9.17, 15) is 14.0 Å². The van der Waals surface area contributed by atoms with Crippen LogP contribution in [0.2, 0.25) is 0 Å². The van der Waals surface area contributed by atoms with Crippen LogP contribution in [-0.4, -0.2) is 29.1 Å². The number of carbonyl (C=O) groups is 2. The van der Waals surface area contributed by atoms with Crippen LogP contribution < -0.4 is 4.74 Å². The van der Waals surface area contributed by atoms with Crippen molar-refractivity contribution in [3.8, 4) is 5.75 Å². The first-order valence-corrected chi connectivity index (χ1v) is 9.75. The molecule has 140 valence electrons. The van der Waals surface area contributed by atoms with E-state index >= 15 is 0 Å². The summed E-state index contributed by atoms with van der Waals surface area (Å²) in [5.74, 6) is 0.147. The molecule has 1 heterocycles. The van der Waals surface area contributed by atoms with Crippen molar-refractivity contribution in [2.75, 3.05) is 12.4 Å². The molecule has 0 unspecified atom stereocenters. The van der Waals surface area contributed by atoms with Crippen molar-refractivity contribution in [2.45, 2.75) is 20.4 Å². The van der Waals surface area contributed by atoms with E-state index in [-0.39, 0.29) is 12.5 Å². The second-order valence-corrected chi connectivity index (χ2v) is 7.16. The van der Waals surface area contributed by atoms with Crippen molar-refractivity contribution in [1.82, 2.24) is 4.90 Å². The minimum absolute atomic E-state index is 0.0847. The zero-order valence-corrected chi connectivity index (χ0v) is 16.0.